The summed E-state index contributed by atoms with van der Waals surface area (Å²) in [7, 11) is -3.80. The minimum Gasteiger partial charge on any atom is -0.423 e. The van der Waals surface area contributed by atoms with Gasteiger partial charge in [0.05, 0.1) is 15.9 Å². The summed E-state index contributed by atoms with van der Waals surface area (Å²) in [5.74, 6) is 0.528. The fourth-order valence-electron chi connectivity index (χ4n) is 3.41. The lowest BCUT2D eigenvalue weighted by atomic mass is 10.1. The molecule has 0 radical (unpaired) electrons. The van der Waals surface area contributed by atoms with Gasteiger partial charge in [-0.15, -0.1) is 0 Å². The molecule has 0 aliphatic heterocycles. The van der Waals surface area contributed by atoms with Gasteiger partial charge < -0.3 is 8.98 Å². The highest BCUT2D eigenvalue weighted by Gasteiger charge is 2.16. The van der Waals surface area contributed by atoms with Gasteiger partial charge in [-0.3, -0.25) is 0 Å². The second-order valence-electron chi connectivity index (χ2n) is 7.12. The highest BCUT2D eigenvalue weighted by atomic mass is 32.2. The number of thioether (sulfide) groups is 1. The molecule has 0 aliphatic rings. The summed E-state index contributed by atoms with van der Waals surface area (Å²) in [6.07, 6.45) is 0.896. The summed E-state index contributed by atoms with van der Waals surface area (Å²) in [4.78, 5) is 16.7. The van der Waals surface area contributed by atoms with Crippen LogP contribution >= 0.6 is 11.8 Å². The van der Waals surface area contributed by atoms with E-state index in [0.29, 0.717) is 16.9 Å². The Morgan fingerprint density at radius 2 is 1.97 bits per heavy atom. The van der Waals surface area contributed by atoms with E-state index in [9.17, 15) is 13.2 Å². The number of sulfonamides is 1. The number of primary sulfonamides is 1. The molecule has 4 rings (SSSR count). The summed E-state index contributed by atoms with van der Waals surface area (Å²) in [5, 5.41) is 6.91. The Kier molecular flexibility index (Phi) is 5.44. The molecule has 0 aliphatic carbocycles. The van der Waals surface area contributed by atoms with Crippen molar-refractivity contribution in [2.24, 2.45) is 5.14 Å². The lowest BCUT2D eigenvalue weighted by Crippen LogP contribution is -2.11. The molecule has 2 N–H and O–H groups in total. The molecule has 2 heterocycles. The first-order valence-electron chi connectivity index (χ1n) is 9.45. The third kappa shape index (κ3) is 4.00. The van der Waals surface area contributed by atoms with Crippen LogP contribution in [-0.4, -0.2) is 18.0 Å². The topological polar surface area (TPSA) is 108 Å². The van der Waals surface area contributed by atoms with Crippen LogP contribution in [0.2, 0.25) is 0 Å². The number of hydrogen-bond donors (Lipinski definition) is 1. The summed E-state index contributed by atoms with van der Waals surface area (Å²) >= 11 is 1.50. The monoisotopic (exact) mass is 443 g/mol. The normalized spacial score (nSPS) is 12.1. The molecule has 0 fully saturated rings. The van der Waals surface area contributed by atoms with Crippen molar-refractivity contribution < 1.29 is 12.8 Å². The van der Waals surface area contributed by atoms with Crippen molar-refractivity contribution in [3.63, 3.8) is 0 Å². The van der Waals surface area contributed by atoms with E-state index in [4.69, 9.17) is 9.56 Å². The minimum atomic E-state index is -3.80. The van der Waals surface area contributed by atoms with Crippen LogP contribution in [0.15, 0.2) is 61.7 Å². The van der Waals surface area contributed by atoms with Crippen molar-refractivity contribution in [3.05, 3.63) is 64.0 Å². The molecule has 0 unspecified atom stereocenters. The zero-order valence-electron chi connectivity index (χ0n) is 16.6. The lowest BCUT2D eigenvalue weighted by Gasteiger charge is -2.09. The second-order valence-corrected chi connectivity index (χ2v) is 9.62. The molecule has 0 bridgehead atoms. The Hall–Kier alpha value is -2.62. The maximum absolute atomic E-state index is 12.0. The predicted molar refractivity (Wildman–Crippen MR) is 118 cm³/mol. The number of nitrogens with two attached hydrogens (primary N) is 1. The molecule has 0 atom stereocenters. The first-order chi connectivity index (χ1) is 14.3. The highest BCUT2D eigenvalue weighted by Crippen LogP contribution is 2.30. The summed E-state index contributed by atoms with van der Waals surface area (Å²) < 4.78 is 30.8. The van der Waals surface area contributed by atoms with E-state index < -0.39 is 10.0 Å². The number of benzene rings is 2. The van der Waals surface area contributed by atoms with Crippen LogP contribution in [0.1, 0.15) is 24.5 Å². The van der Waals surface area contributed by atoms with Gasteiger partial charge in [-0.2, -0.15) is 0 Å². The average Bonchev–Trinajstić information content (AvgIpc) is 3.02. The molecule has 9 heteroatoms. The fraction of sp³-hybridized carbons (Fsp3) is 0.238. The highest BCUT2D eigenvalue weighted by molar-refractivity contribution is 7.98. The van der Waals surface area contributed by atoms with Crippen LogP contribution in [0.3, 0.4) is 0 Å². The number of rotatable bonds is 6. The Balaban J connectivity index is 1.74. The van der Waals surface area contributed by atoms with Gasteiger partial charge in [-0.1, -0.05) is 30.8 Å². The van der Waals surface area contributed by atoms with Crippen molar-refractivity contribution in [1.29, 1.82) is 0 Å². The van der Waals surface area contributed by atoms with E-state index >= 15 is 0 Å². The number of aromatic nitrogens is 2. The third-order valence-corrected chi connectivity index (χ3v) is 6.74. The molecular weight excluding hydrogens is 422 g/mol. The van der Waals surface area contributed by atoms with Crippen LogP contribution in [0.25, 0.3) is 22.0 Å². The second kappa shape index (κ2) is 7.90. The number of nitrogens with zero attached hydrogens (tertiary/aromatic N) is 2. The molecule has 0 saturated heterocycles. The fourth-order valence-corrected chi connectivity index (χ4v) is 4.98. The van der Waals surface area contributed by atoms with Gasteiger partial charge in [-0.05, 0) is 48.7 Å². The third-order valence-electron chi connectivity index (χ3n) is 4.80. The lowest BCUT2D eigenvalue weighted by molar-refractivity contribution is 0.559. The zero-order valence-corrected chi connectivity index (χ0v) is 18.2. The molecule has 156 valence electrons. The van der Waals surface area contributed by atoms with Crippen LogP contribution in [0.5, 0.6) is 0 Å². The van der Waals surface area contributed by atoms with E-state index in [2.05, 4.69) is 16.5 Å². The van der Waals surface area contributed by atoms with Gasteiger partial charge in [0, 0.05) is 23.8 Å². The first-order valence-corrected chi connectivity index (χ1v) is 12.0. The molecule has 0 amide bonds. The first kappa shape index (κ1) is 20.6. The molecule has 2 aromatic carbocycles. The minimum absolute atomic E-state index is 0.0368. The maximum Gasteiger partial charge on any atom is 0.336 e. The predicted octanol–water partition coefficient (Wildman–Crippen LogP) is 3.80. The van der Waals surface area contributed by atoms with Crippen molar-refractivity contribution in [3.8, 4) is 0 Å². The van der Waals surface area contributed by atoms with Gasteiger partial charge in [0.15, 0.2) is 5.16 Å². The Morgan fingerprint density at radius 1 is 1.17 bits per heavy atom. The molecule has 7 nitrogen and oxygen atoms in total. The number of hydrogen-bond acceptors (Lipinski definition) is 6. The van der Waals surface area contributed by atoms with Crippen LogP contribution in [-0.2, 0) is 22.3 Å². The van der Waals surface area contributed by atoms with Gasteiger partial charge in [0.2, 0.25) is 10.0 Å². The standard InChI is InChI=1S/C21H21N3O4S2/c1-3-8-24-18-7-5-15(30(22,26)27)11-17(18)23-21(24)29-12-14-10-20(25)28-19-9-13(2)4-6-16(14)19/h4-7,9-11H,3,8,12H2,1-2H3,(H2,22,26,27). The van der Waals surface area contributed by atoms with Gasteiger partial charge in [0.25, 0.3) is 0 Å². The molecule has 4 aromatic rings. The molecule has 0 spiro atoms. The summed E-state index contributed by atoms with van der Waals surface area (Å²) in [6, 6.07) is 12.0. The average molecular weight is 444 g/mol. The van der Waals surface area contributed by atoms with Crippen molar-refractivity contribution >= 4 is 43.8 Å². The van der Waals surface area contributed by atoms with Crippen molar-refractivity contribution in [1.82, 2.24) is 9.55 Å². The molecular formula is C21H21N3O4S2. The van der Waals surface area contributed by atoms with E-state index in [1.807, 2.05) is 25.1 Å². The summed E-state index contributed by atoms with van der Waals surface area (Å²) in [5.41, 5.74) is 3.49. The largest absolute Gasteiger partial charge is 0.423 e. The number of aryl methyl sites for hydroxylation is 2. The Labute approximate surface area is 178 Å². The smallest absolute Gasteiger partial charge is 0.336 e. The Bertz CT molecular complexity index is 1420. The van der Waals surface area contributed by atoms with Crippen LogP contribution < -0.4 is 10.8 Å². The van der Waals surface area contributed by atoms with E-state index in [1.165, 1.54) is 30.0 Å². The SMILES string of the molecule is CCCn1c(SCc2cc(=O)oc3cc(C)ccc23)nc2cc(S(N)(=O)=O)ccc21. The van der Waals surface area contributed by atoms with Gasteiger partial charge >= 0.3 is 5.63 Å². The summed E-state index contributed by atoms with van der Waals surface area (Å²) in [6.45, 7) is 4.76. The van der Waals surface area contributed by atoms with Crippen LogP contribution in [0, 0.1) is 6.92 Å². The number of imidazole rings is 1. The van der Waals surface area contributed by atoms with Gasteiger partial charge in [-0.25, -0.2) is 23.3 Å². The molecule has 2 aromatic heterocycles. The number of fused-ring (bicyclic) bond motifs is 2. The van der Waals surface area contributed by atoms with E-state index in [-0.39, 0.29) is 10.5 Å². The van der Waals surface area contributed by atoms with E-state index in [0.717, 1.165) is 40.2 Å². The zero-order chi connectivity index (χ0) is 21.5. The van der Waals surface area contributed by atoms with Crippen molar-refractivity contribution in [2.75, 3.05) is 0 Å². The van der Waals surface area contributed by atoms with Crippen molar-refractivity contribution in [2.45, 2.75) is 42.6 Å². The molecule has 30 heavy (non-hydrogen) atoms. The quantitative estimate of drug-likeness (QED) is 0.359. The Morgan fingerprint density at radius 3 is 2.70 bits per heavy atom. The maximum atomic E-state index is 12.0. The van der Waals surface area contributed by atoms with Gasteiger partial charge in [0.1, 0.15) is 5.58 Å². The molecule has 0 saturated carbocycles. The van der Waals surface area contributed by atoms with E-state index in [1.54, 1.807) is 6.07 Å². The van der Waals surface area contributed by atoms with Crippen LogP contribution in [0.4, 0.5) is 0 Å².